The predicted octanol–water partition coefficient (Wildman–Crippen LogP) is 2.98. The zero-order chi connectivity index (χ0) is 10.6. The van der Waals surface area contributed by atoms with Crippen molar-refractivity contribution in [3.63, 3.8) is 0 Å². The Morgan fingerprint density at radius 1 is 1.50 bits per heavy atom. The Bertz CT molecular complexity index is 320. The van der Waals surface area contributed by atoms with Crippen LogP contribution in [0, 0.1) is 12.8 Å². The minimum absolute atomic E-state index is 0.0792. The number of hydrogen-bond acceptors (Lipinski definition) is 1. The number of nitrogens with one attached hydrogen (secondary N) is 1. The summed E-state index contributed by atoms with van der Waals surface area (Å²) in [6.07, 6.45) is 0.873. The first-order chi connectivity index (χ1) is 6.63. The number of aryl methyl sites for hydroxylation is 1. The summed E-state index contributed by atoms with van der Waals surface area (Å²) in [4.78, 5) is 11.5. The molecule has 1 aromatic carbocycles. The van der Waals surface area contributed by atoms with E-state index in [1.54, 1.807) is 0 Å². The normalized spacial score (nSPS) is 12.2. The Kier molecular flexibility index (Phi) is 3.69. The second-order valence-electron chi connectivity index (χ2n) is 3.67. The molecule has 1 rings (SSSR count). The van der Waals surface area contributed by atoms with Gasteiger partial charge in [-0.15, -0.1) is 0 Å². The third kappa shape index (κ3) is 2.87. The molecule has 0 spiro atoms. The summed E-state index contributed by atoms with van der Waals surface area (Å²) in [6, 6.07) is 7.84. The molecule has 0 radical (unpaired) electrons. The Morgan fingerprint density at radius 3 is 2.79 bits per heavy atom. The summed E-state index contributed by atoms with van der Waals surface area (Å²) in [5.41, 5.74) is 2.04. The van der Waals surface area contributed by atoms with Crippen LogP contribution in [0.15, 0.2) is 24.3 Å². The van der Waals surface area contributed by atoms with Gasteiger partial charge in [-0.05, 0) is 31.0 Å². The standard InChI is InChI=1S/C12H17NO/c1-4-10(3)12(14)13-11-7-5-6-9(2)8-11/h5-8,10H,4H2,1-3H3,(H,13,14)/t10-/m0/s1. The van der Waals surface area contributed by atoms with Crippen LogP contribution in [0.3, 0.4) is 0 Å². The van der Waals surface area contributed by atoms with E-state index in [-0.39, 0.29) is 11.8 Å². The highest BCUT2D eigenvalue weighted by atomic mass is 16.1. The number of anilines is 1. The van der Waals surface area contributed by atoms with Gasteiger partial charge in [0.05, 0.1) is 0 Å². The fourth-order valence-corrected chi connectivity index (χ4v) is 1.17. The minimum Gasteiger partial charge on any atom is -0.326 e. The average molecular weight is 191 g/mol. The van der Waals surface area contributed by atoms with E-state index in [2.05, 4.69) is 5.32 Å². The summed E-state index contributed by atoms with van der Waals surface area (Å²) in [6.45, 7) is 5.96. The van der Waals surface area contributed by atoms with Crippen molar-refractivity contribution in [1.29, 1.82) is 0 Å². The average Bonchev–Trinajstić information content (AvgIpc) is 2.16. The molecule has 76 valence electrons. The Hall–Kier alpha value is -1.31. The second-order valence-corrected chi connectivity index (χ2v) is 3.67. The Balaban J connectivity index is 2.65. The lowest BCUT2D eigenvalue weighted by Crippen LogP contribution is -2.19. The third-order valence-electron chi connectivity index (χ3n) is 2.35. The highest BCUT2D eigenvalue weighted by Crippen LogP contribution is 2.11. The van der Waals surface area contributed by atoms with Gasteiger partial charge in [0.1, 0.15) is 0 Å². The fourth-order valence-electron chi connectivity index (χ4n) is 1.17. The maximum absolute atomic E-state index is 11.5. The van der Waals surface area contributed by atoms with Crippen LogP contribution in [0.4, 0.5) is 5.69 Å². The van der Waals surface area contributed by atoms with Crippen molar-refractivity contribution in [3.05, 3.63) is 29.8 Å². The molecule has 0 heterocycles. The maximum Gasteiger partial charge on any atom is 0.227 e. The van der Waals surface area contributed by atoms with Gasteiger partial charge in [-0.25, -0.2) is 0 Å². The van der Waals surface area contributed by atoms with Crippen LogP contribution in [0.2, 0.25) is 0 Å². The van der Waals surface area contributed by atoms with Crippen molar-refractivity contribution in [1.82, 2.24) is 0 Å². The van der Waals surface area contributed by atoms with Gasteiger partial charge >= 0.3 is 0 Å². The minimum atomic E-state index is 0.0792. The number of carbonyl (C=O) groups is 1. The van der Waals surface area contributed by atoms with Crippen LogP contribution >= 0.6 is 0 Å². The molecule has 0 aliphatic carbocycles. The molecule has 0 saturated carbocycles. The van der Waals surface area contributed by atoms with Gasteiger partial charge in [0, 0.05) is 11.6 Å². The highest BCUT2D eigenvalue weighted by Gasteiger charge is 2.09. The number of hydrogen-bond donors (Lipinski definition) is 1. The molecule has 2 heteroatoms. The molecule has 1 N–H and O–H groups in total. The van der Waals surface area contributed by atoms with E-state index in [4.69, 9.17) is 0 Å². The van der Waals surface area contributed by atoms with E-state index < -0.39 is 0 Å². The predicted molar refractivity (Wildman–Crippen MR) is 59.3 cm³/mol. The van der Waals surface area contributed by atoms with E-state index in [9.17, 15) is 4.79 Å². The van der Waals surface area contributed by atoms with Crippen LogP contribution in [0.1, 0.15) is 25.8 Å². The van der Waals surface area contributed by atoms with Crippen LogP contribution in [0.5, 0.6) is 0 Å². The molecule has 0 unspecified atom stereocenters. The molecule has 1 amide bonds. The van der Waals surface area contributed by atoms with Crippen molar-refractivity contribution in [3.8, 4) is 0 Å². The first kappa shape index (κ1) is 10.8. The molecule has 0 bridgehead atoms. The smallest absolute Gasteiger partial charge is 0.227 e. The Morgan fingerprint density at radius 2 is 2.21 bits per heavy atom. The monoisotopic (exact) mass is 191 g/mol. The zero-order valence-electron chi connectivity index (χ0n) is 9.00. The van der Waals surface area contributed by atoms with Gasteiger partial charge in [0.15, 0.2) is 0 Å². The zero-order valence-corrected chi connectivity index (χ0v) is 9.00. The van der Waals surface area contributed by atoms with Crippen LogP contribution < -0.4 is 5.32 Å². The lowest BCUT2D eigenvalue weighted by Gasteiger charge is -2.10. The van der Waals surface area contributed by atoms with Crippen LogP contribution in [-0.2, 0) is 4.79 Å². The van der Waals surface area contributed by atoms with Gasteiger partial charge in [-0.1, -0.05) is 26.0 Å². The fraction of sp³-hybridized carbons (Fsp3) is 0.417. The first-order valence-electron chi connectivity index (χ1n) is 5.01. The maximum atomic E-state index is 11.5. The van der Waals surface area contributed by atoms with E-state index in [1.807, 2.05) is 45.0 Å². The topological polar surface area (TPSA) is 29.1 Å². The van der Waals surface area contributed by atoms with Gasteiger partial charge < -0.3 is 5.32 Å². The van der Waals surface area contributed by atoms with E-state index in [0.29, 0.717) is 0 Å². The van der Waals surface area contributed by atoms with Gasteiger partial charge in [-0.2, -0.15) is 0 Å². The largest absolute Gasteiger partial charge is 0.326 e. The molecule has 0 aliphatic rings. The quantitative estimate of drug-likeness (QED) is 0.781. The highest BCUT2D eigenvalue weighted by molar-refractivity contribution is 5.92. The van der Waals surface area contributed by atoms with Crippen molar-refractivity contribution in [2.24, 2.45) is 5.92 Å². The first-order valence-corrected chi connectivity index (χ1v) is 5.01. The summed E-state index contributed by atoms with van der Waals surface area (Å²) in [5.74, 6) is 0.175. The number of benzene rings is 1. The van der Waals surface area contributed by atoms with E-state index >= 15 is 0 Å². The molecule has 2 nitrogen and oxygen atoms in total. The van der Waals surface area contributed by atoms with Crippen LogP contribution in [-0.4, -0.2) is 5.91 Å². The molecule has 0 fully saturated rings. The van der Waals surface area contributed by atoms with E-state index in [0.717, 1.165) is 17.7 Å². The molecule has 1 aromatic rings. The SMILES string of the molecule is CC[C@H](C)C(=O)Nc1cccc(C)c1. The van der Waals surface area contributed by atoms with Crippen LogP contribution in [0.25, 0.3) is 0 Å². The van der Waals surface area contributed by atoms with Crippen molar-refractivity contribution in [2.75, 3.05) is 5.32 Å². The van der Waals surface area contributed by atoms with E-state index in [1.165, 1.54) is 0 Å². The van der Waals surface area contributed by atoms with Crippen molar-refractivity contribution < 1.29 is 4.79 Å². The lowest BCUT2D eigenvalue weighted by atomic mass is 10.1. The van der Waals surface area contributed by atoms with Gasteiger partial charge in [0.25, 0.3) is 0 Å². The summed E-state index contributed by atoms with van der Waals surface area (Å²) in [5, 5.41) is 2.89. The van der Waals surface area contributed by atoms with Gasteiger partial charge in [-0.3, -0.25) is 4.79 Å². The molecular formula is C12H17NO. The van der Waals surface area contributed by atoms with Crippen molar-refractivity contribution in [2.45, 2.75) is 27.2 Å². The Labute approximate surface area is 85.3 Å². The number of rotatable bonds is 3. The number of carbonyl (C=O) groups excluding carboxylic acids is 1. The van der Waals surface area contributed by atoms with Gasteiger partial charge in [0.2, 0.25) is 5.91 Å². The molecule has 0 aromatic heterocycles. The third-order valence-corrected chi connectivity index (χ3v) is 2.35. The summed E-state index contributed by atoms with van der Waals surface area (Å²) >= 11 is 0. The molecule has 0 saturated heterocycles. The second kappa shape index (κ2) is 4.80. The molecule has 0 aliphatic heterocycles. The number of amides is 1. The summed E-state index contributed by atoms with van der Waals surface area (Å²) < 4.78 is 0. The molecule has 1 atom stereocenters. The van der Waals surface area contributed by atoms with Crippen molar-refractivity contribution >= 4 is 11.6 Å². The summed E-state index contributed by atoms with van der Waals surface area (Å²) in [7, 11) is 0. The molecule has 14 heavy (non-hydrogen) atoms. The lowest BCUT2D eigenvalue weighted by molar-refractivity contribution is -0.119. The molecular weight excluding hydrogens is 174 g/mol.